The van der Waals surface area contributed by atoms with Gasteiger partial charge in [-0.25, -0.2) is 19.6 Å². The number of hydrogen-bond donors (Lipinski definition) is 1. The molecule has 2 aromatic heterocycles. The Bertz CT molecular complexity index is 1850. The molecule has 2 amide bonds. The maximum atomic E-state index is 13.1. The number of carbonyl (C=O) groups excluding carboxylic acids is 2. The van der Waals surface area contributed by atoms with E-state index in [1.807, 2.05) is 49.3 Å². The van der Waals surface area contributed by atoms with Gasteiger partial charge in [0.25, 0.3) is 0 Å². The lowest BCUT2D eigenvalue weighted by Gasteiger charge is -2.37. The zero-order chi connectivity index (χ0) is 34.0. The molecular formula is C35H39N5O6S2. The molecule has 1 saturated heterocycles. The van der Waals surface area contributed by atoms with Crippen LogP contribution in [-0.2, 0) is 16.0 Å². The third kappa shape index (κ3) is 7.47. The van der Waals surface area contributed by atoms with Crippen LogP contribution in [0.3, 0.4) is 0 Å². The van der Waals surface area contributed by atoms with Gasteiger partial charge in [0, 0.05) is 92.1 Å². The maximum Gasteiger partial charge on any atom is 0.410 e. The monoisotopic (exact) mass is 689 g/mol. The number of piperazine rings is 1. The summed E-state index contributed by atoms with van der Waals surface area (Å²) < 4.78 is 12.2. The van der Waals surface area contributed by atoms with E-state index in [1.54, 1.807) is 41.7 Å². The summed E-state index contributed by atoms with van der Waals surface area (Å²) in [6, 6.07) is 9.19. The smallest absolute Gasteiger partial charge is 0.410 e. The average Bonchev–Trinajstić information content (AvgIpc) is 3.76. The molecule has 4 heterocycles. The van der Waals surface area contributed by atoms with Crippen molar-refractivity contribution in [1.29, 1.82) is 0 Å². The third-order valence-corrected chi connectivity index (χ3v) is 10.2. The van der Waals surface area contributed by atoms with E-state index >= 15 is 0 Å². The predicted molar refractivity (Wildman–Crippen MR) is 188 cm³/mol. The van der Waals surface area contributed by atoms with Crippen LogP contribution in [0.25, 0.3) is 26.9 Å². The number of methoxy groups -OCH3 is 1. The summed E-state index contributed by atoms with van der Waals surface area (Å²) in [6.45, 7) is 9.02. The fourth-order valence-electron chi connectivity index (χ4n) is 5.93. The number of thiazole rings is 2. The fourth-order valence-corrected chi connectivity index (χ4v) is 7.61. The standard InChI is InChI=1S/C35H39N5O6S2/c1-35(2,3)46-34(44)39-15-13-38(14-16-39)24-7-8-25(27(20-24)45-4)26-18-23(33(42)43)19-28-31(26)37-32(48-28)22-6-5-12-40(21-22)30(41)10-9-29-36-11-17-47-29/h6-8,11,17-20H,5,9-10,12-16,21H2,1-4H3,(H,42,43). The van der Waals surface area contributed by atoms with Gasteiger partial charge in [0.1, 0.15) is 16.4 Å². The van der Waals surface area contributed by atoms with Crippen molar-refractivity contribution in [3.63, 3.8) is 0 Å². The molecule has 13 heteroatoms. The summed E-state index contributed by atoms with van der Waals surface area (Å²) in [5, 5.41) is 13.6. The highest BCUT2D eigenvalue weighted by atomic mass is 32.1. The highest BCUT2D eigenvalue weighted by Gasteiger charge is 2.27. The summed E-state index contributed by atoms with van der Waals surface area (Å²) >= 11 is 2.99. The molecule has 0 saturated carbocycles. The maximum absolute atomic E-state index is 13.1. The lowest BCUT2D eigenvalue weighted by atomic mass is 10.00. The van der Waals surface area contributed by atoms with E-state index in [2.05, 4.69) is 16.0 Å². The average molecular weight is 690 g/mol. The van der Waals surface area contributed by atoms with Gasteiger partial charge in [-0.1, -0.05) is 6.08 Å². The molecule has 11 nitrogen and oxygen atoms in total. The minimum absolute atomic E-state index is 0.0850. The number of carbonyl (C=O) groups is 3. The molecule has 0 unspecified atom stereocenters. The molecule has 252 valence electrons. The highest BCUT2D eigenvalue weighted by molar-refractivity contribution is 7.19. The quantitative estimate of drug-likeness (QED) is 0.223. The molecule has 2 aliphatic rings. The van der Waals surface area contributed by atoms with Gasteiger partial charge >= 0.3 is 12.1 Å². The SMILES string of the molecule is COc1cc(N2CCN(C(=O)OC(C)(C)C)CC2)ccc1-c1cc(C(=O)O)cc2sc(C3=CCCN(C(=O)CCc4nccs4)C3)nc12. The van der Waals surface area contributed by atoms with E-state index in [4.69, 9.17) is 14.5 Å². The first-order valence-corrected chi connectivity index (χ1v) is 17.6. The number of fused-ring (bicyclic) bond motifs is 1. The molecule has 0 bridgehead atoms. The number of hydrogen-bond acceptors (Lipinski definition) is 10. The van der Waals surface area contributed by atoms with Gasteiger partial charge in [-0.15, -0.1) is 22.7 Å². The Hall–Kier alpha value is -4.49. The van der Waals surface area contributed by atoms with Crippen molar-refractivity contribution in [3.05, 3.63) is 63.6 Å². The van der Waals surface area contributed by atoms with Crippen LogP contribution in [0.4, 0.5) is 10.5 Å². The number of rotatable bonds is 8. The second-order valence-electron chi connectivity index (χ2n) is 12.8. The third-order valence-electron chi connectivity index (χ3n) is 8.33. The minimum Gasteiger partial charge on any atom is -0.496 e. The van der Waals surface area contributed by atoms with Crippen molar-refractivity contribution in [2.45, 2.75) is 45.6 Å². The lowest BCUT2D eigenvalue weighted by molar-refractivity contribution is -0.130. The normalized spacial score (nSPS) is 15.4. The van der Waals surface area contributed by atoms with E-state index in [-0.39, 0.29) is 17.6 Å². The molecule has 0 aliphatic carbocycles. The van der Waals surface area contributed by atoms with E-state index in [0.29, 0.717) is 68.9 Å². The van der Waals surface area contributed by atoms with Gasteiger partial charge in [0.05, 0.1) is 27.9 Å². The van der Waals surface area contributed by atoms with Gasteiger partial charge in [0.2, 0.25) is 5.91 Å². The minimum atomic E-state index is -1.03. The first-order valence-electron chi connectivity index (χ1n) is 15.9. The molecular weight excluding hydrogens is 651 g/mol. The second-order valence-corrected chi connectivity index (χ2v) is 14.8. The zero-order valence-corrected chi connectivity index (χ0v) is 29.2. The number of nitrogens with zero attached hydrogens (tertiary/aromatic N) is 5. The van der Waals surface area contributed by atoms with E-state index < -0.39 is 11.6 Å². The molecule has 0 spiro atoms. The molecule has 2 aromatic carbocycles. The Morgan fingerprint density at radius 2 is 1.79 bits per heavy atom. The van der Waals surface area contributed by atoms with E-state index in [1.165, 1.54) is 11.3 Å². The molecule has 1 fully saturated rings. The Balaban J connectivity index is 1.24. The van der Waals surface area contributed by atoms with Gasteiger partial charge in [-0.3, -0.25) is 4.79 Å². The number of amides is 2. The van der Waals surface area contributed by atoms with Crippen LogP contribution in [-0.4, -0.2) is 94.8 Å². The van der Waals surface area contributed by atoms with E-state index in [0.717, 1.165) is 38.0 Å². The van der Waals surface area contributed by atoms with Gasteiger partial charge in [-0.2, -0.15) is 0 Å². The van der Waals surface area contributed by atoms with Crippen LogP contribution >= 0.6 is 22.7 Å². The van der Waals surface area contributed by atoms with E-state index in [9.17, 15) is 19.5 Å². The molecule has 4 aromatic rings. The number of benzene rings is 2. The first kappa shape index (κ1) is 33.4. The first-order chi connectivity index (χ1) is 23.0. The number of carboxylic acid groups (broad SMARTS) is 1. The largest absolute Gasteiger partial charge is 0.496 e. The topological polar surface area (TPSA) is 125 Å². The van der Waals surface area contributed by atoms with Crippen molar-refractivity contribution >= 4 is 62.1 Å². The summed E-state index contributed by atoms with van der Waals surface area (Å²) in [5.74, 6) is -0.350. The van der Waals surface area contributed by atoms with Crippen LogP contribution in [0.15, 0.2) is 48.0 Å². The number of ether oxygens (including phenoxy) is 2. The number of aromatic carboxylic acids is 1. The zero-order valence-electron chi connectivity index (χ0n) is 27.5. The molecule has 0 radical (unpaired) electrons. The Kier molecular flexibility index (Phi) is 9.70. The van der Waals surface area contributed by atoms with Crippen molar-refractivity contribution in [2.24, 2.45) is 0 Å². The molecule has 2 aliphatic heterocycles. The van der Waals surface area contributed by atoms with Crippen molar-refractivity contribution in [1.82, 2.24) is 19.8 Å². The molecule has 6 rings (SSSR count). The molecule has 0 atom stereocenters. The number of carboxylic acids is 1. The van der Waals surface area contributed by atoms with Gasteiger partial charge in [-0.05, 0) is 51.5 Å². The van der Waals surface area contributed by atoms with Gasteiger partial charge in [0.15, 0.2) is 0 Å². The Labute approximate surface area is 287 Å². The van der Waals surface area contributed by atoms with Crippen LogP contribution in [0.5, 0.6) is 5.75 Å². The number of aryl methyl sites for hydroxylation is 1. The molecule has 1 N–H and O–H groups in total. The summed E-state index contributed by atoms with van der Waals surface area (Å²) in [4.78, 5) is 52.9. The van der Waals surface area contributed by atoms with Crippen LogP contribution < -0.4 is 9.64 Å². The lowest BCUT2D eigenvalue weighted by Crippen LogP contribution is -2.50. The van der Waals surface area contributed by atoms with Crippen LogP contribution in [0.1, 0.15) is 54.0 Å². The predicted octanol–water partition coefficient (Wildman–Crippen LogP) is 6.43. The highest BCUT2D eigenvalue weighted by Crippen LogP contribution is 2.41. The Morgan fingerprint density at radius 1 is 1.00 bits per heavy atom. The summed E-state index contributed by atoms with van der Waals surface area (Å²) in [7, 11) is 1.60. The van der Waals surface area contributed by atoms with Gasteiger partial charge < -0.3 is 29.3 Å². The van der Waals surface area contributed by atoms with Crippen molar-refractivity contribution < 1.29 is 29.0 Å². The number of anilines is 1. The van der Waals surface area contributed by atoms with Crippen LogP contribution in [0, 0.1) is 0 Å². The van der Waals surface area contributed by atoms with Crippen molar-refractivity contribution in [3.8, 4) is 16.9 Å². The molecule has 48 heavy (non-hydrogen) atoms. The number of aromatic nitrogens is 2. The Morgan fingerprint density at radius 3 is 2.48 bits per heavy atom. The summed E-state index contributed by atoms with van der Waals surface area (Å²) in [6.07, 6.45) is 5.32. The van der Waals surface area contributed by atoms with Crippen molar-refractivity contribution in [2.75, 3.05) is 51.3 Å². The second kappa shape index (κ2) is 13.9. The summed E-state index contributed by atoms with van der Waals surface area (Å²) in [5.41, 5.74) is 3.59. The fraction of sp³-hybridized carbons (Fsp3) is 0.400. The van der Waals surface area contributed by atoms with Crippen LogP contribution in [0.2, 0.25) is 0 Å².